The van der Waals surface area contributed by atoms with E-state index in [-0.39, 0.29) is 16.0 Å². The second-order valence-electron chi connectivity index (χ2n) is 5.30. The van der Waals surface area contributed by atoms with E-state index in [4.69, 9.17) is 0 Å². The highest BCUT2D eigenvalue weighted by Crippen LogP contribution is 2.30. The normalized spacial score (nSPS) is 11.3. The standard InChI is InChI=1S/C14H17N3O2S/c1-10-6-7-15-13(12(10)17(18)19)16-9-14(2,3)11-5-4-8-20-11/h4-8H,9H2,1-3H3,(H,15,16). The largest absolute Gasteiger partial charge is 0.363 e. The summed E-state index contributed by atoms with van der Waals surface area (Å²) >= 11 is 1.68. The number of pyridine rings is 1. The monoisotopic (exact) mass is 291 g/mol. The molecule has 0 radical (unpaired) electrons. The van der Waals surface area contributed by atoms with E-state index in [9.17, 15) is 10.1 Å². The minimum Gasteiger partial charge on any atom is -0.363 e. The van der Waals surface area contributed by atoms with Crippen LogP contribution in [-0.2, 0) is 5.41 Å². The van der Waals surface area contributed by atoms with Gasteiger partial charge in [0, 0.05) is 28.6 Å². The number of nitro groups is 1. The summed E-state index contributed by atoms with van der Waals surface area (Å²) in [5.74, 6) is 0.333. The lowest BCUT2D eigenvalue weighted by Crippen LogP contribution is -2.27. The number of anilines is 1. The van der Waals surface area contributed by atoms with Gasteiger partial charge >= 0.3 is 5.69 Å². The van der Waals surface area contributed by atoms with E-state index >= 15 is 0 Å². The van der Waals surface area contributed by atoms with Crippen LogP contribution in [0.25, 0.3) is 0 Å². The molecule has 0 spiro atoms. The topological polar surface area (TPSA) is 68.1 Å². The lowest BCUT2D eigenvalue weighted by molar-refractivity contribution is -0.384. The van der Waals surface area contributed by atoms with Gasteiger partial charge in [-0.25, -0.2) is 4.98 Å². The van der Waals surface area contributed by atoms with Gasteiger partial charge in [-0.15, -0.1) is 11.3 Å². The van der Waals surface area contributed by atoms with Gasteiger partial charge in [0.2, 0.25) is 5.82 Å². The Labute approximate surface area is 121 Å². The Morgan fingerprint density at radius 3 is 2.80 bits per heavy atom. The summed E-state index contributed by atoms with van der Waals surface area (Å²) in [5.41, 5.74) is 0.559. The third-order valence-corrected chi connectivity index (χ3v) is 4.43. The van der Waals surface area contributed by atoms with Gasteiger partial charge in [0.1, 0.15) is 0 Å². The molecule has 2 rings (SSSR count). The minimum absolute atomic E-state index is 0.0504. The third kappa shape index (κ3) is 2.96. The van der Waals surface area contributed by atoms with Crippen molar-refractivity contribution in [1.82, 2.24) is 4.98 Å². The first-order valence-electron chi connectivity index (χ1n) is 6.29. The summed E-state index contributed by atoms with van der Waals surface area (Å²) in [6, 6.07) is 5.73. The molecule has 1 N–H and O–H groups in total. The van der Waals surface area contributed by atoms with Crippen molar-refractivity contribution in [2.24, 2.45) is 0 Å². The third-order valence-electron chi connectivity index (χ3n) is 3.19. The number of hydrogen-bond acceptors (Lipinski definition) is 5. The van der Waals surface area contributed by atoms with Crippen LogP contribution in [0.15, 0.2) is 29.8 Å². The number of thiophene rings is 1. The first-order chi connectivity index (χ1) is 9.42. The van der Waals surface area contributed by atoms with Gasteiger partial charge in [-0.3, -0.25) is 10.1 Å². The molecule has 0 amide bonds. The maximum atomic E-state index is 11.1. The summed E-state index contributed by atoms with van der Waals surface area (Å²) in [6.07, 6.45) is 1.59. The average molecular weight is 291 g/mol. The van der Waals surface area contributed by atoms with Gasteiger partial charge in [-0.1, -0.05) is 19.9 Å². The van der Waals surface area contributed by atoms with Crippen LogP contribution < -0.4 is 5.32 Å². The molecule has 0 aliphatic heterocycles. The zero-order valence-electron chi connectivity index (χ0n) is 11.7. The van der Waals surface area contributed by atoms with E-state index < -0.39 is 0 Å². The molecule has 0 fully saturated rings. The number of nitrogens with one attached hydrogen (secondary N) is 1. The SMILES string of the molecule is Cc1ccnc(NCC(C)(C)c2cccs2)c1[N+](=O)[O-]. The van der Waals surface area contributed by atoms with Crippen molar-refractivity contribution in [3.05, 3.63) is 50.3 Å². The molecule has 2 heterocycles. The maximum Gasteiger partial charge on any atom is 0.314 e. The van der Waals surface area contributed by atoms with Crippen LogP contribution in [0.3, 0.4) is 0 Å². The summed E-state index contributed by atoms with van der Waals surface area (Å²) in [6.45, 7) is 6.52. The molecular weight excluding hydrogens is 274 g/mol. The summed E-state index contributed by atoms with van der Waals surface area (Å²) in [5, 5.41) is 16.3. The highest BCUT2D eigenvalue weighted by Gasteiger charge is 2.24. The molecular formula is C14H17N3O2S. The van der Waals surface area contributed by atoms with Crippen LogP contribution in [0.5, 0.6) is 0 Å². The van der Waals surface area contributed by atoms with Gasteiger partial charge in [0.05, 0.1) is 4.92 Å². The molecule has 0 bridgehead atoms. The number of rotatable bonds is 5. The van der Waals surface area contributed by atoms with Gasteiger partial charge < -0.3 is 5.32 Å². The Kier molecular flexibility index (Phi) is 4.04. The molecule has 0 aliphatic carbocycles. The van der Waals surface area contributed by atoms with Crippen molar-refractivity contribution >= 4 is 22.8 Å². The molecule has 0 saturated heterocycles. The predicted octanol–water partition coefficient (Wildman–Crippen LogP) is 3.75. The fraction of sp³-hybridized carbons (Fsp3) is 0.357. The molecule has 0 unspecified atom stereocenters. The molecule has 2 aromatic rings. The number of nitrogens with zero attached hydrogens (tertiary/aromatic N) is 2. The first-order valence-corrected chi connectivity index (χ1v) is 7.17. The Morgan fingerprint density at radius 2 is 2.20 bits per heavy atom. The van der Waals surface area contributed by atoms with Gasteiger partial charge in [0.25, 0.3) is 0 Å². The van der Waals surface area contributed by atoms with E-state index in [1.54, 1.807) is 30.5 Å². The van der Waals surface area contributed by atoms with E-state index in [1.807, 2.05) is 11.4 Å². The van der Waals surface area contributed by atoms with Crippen molar-refractivity contribution in [1.29, 1.82) is 0 Å². The molecule has 0 saturated carbocycles. The van der Waals surface area contributed by atoms with Crippen LogP contribution in [0.2, 0.25) is 0 Å². The Balaban J connectivity index is 2.20. The van der Waals surface area contributed by atoms with E-state index in [2.05, 4.69) is 30.2 Å². The Hall–Kier alpha value is -1.95. The van der Waals surface area contributed by atoms with Crippen LogP contribution in [-0.4, -0.2) is 16.5 Å². The summed E-state index contributed by atoms with van der Waals surface area (Å²) in [7, 11) is 0. The minimum atomic E-state index is -0.386. The van der Waals surface area contributed by atoms with E-state index in [0.29, 0.717) is 17.9 Å². The van der Waals surface area contributed by atoms with Gasteiger partial charge in [-0.2, -0.15) is 0 Å². The zero-order valence-corrected chi connectivity index (χ0v) is 12.5. The molecule has 2 aromatic heterocycles. The Bertz CT molecular complexity index is 609. The maximum absolute atomic E-state index is 11.1. The molecule has 106 valence electrons. The number of aromatic nitrogens is 1. The second-order valence-corrected chi connectivity index (χ2v) is 6.24. The molecule has 6 heteroatoms. The highest BCUT2D eigenvalue weighted by atomic mass is 32.1. The molecule has 0 atom stereocenters. The van der Waals surface area contributed by atoms with Crippen molar-refractivity contribution in [3.8, 4) is 0 Å². The van der Waals surface area contributed by atoms with Crippen LogP contribution >= 0.6 is 11.3 Å². The van der Waals surface area contributed by atoms with Crippen LogP contribution in [0.4, 0.5) is 11.5 Å². The molecule has 0 aliphatic rings. The quantitative estimate of drug-likeness (QED) is 0.673. The van der Waals surface area contributed by atoms with E-state index in [0.717, 1.165) is 0 Å². The summed E-state index contributed by atoms with van der Waals surface area (Å²) < 4.78 is 0. The molecule has 5 nitrogen and oxygen atoms in total. The lowest BCUT2D eigenvalue weighted by Gasteiger charge is -2.23. The van der Waals surface area contributed by atoms with Gasteiger partial charge in [0.15, 0.2) is 0 Å². The van der Waals surface area contributed by atoms with Crippen LogP contribution in [0.1, 0.15) is 24.3 Å². The smallest absolute Gasteiger partial charge is 0.314 e. The number of hydrogen-bond donors (Lipinski definition) is 1. The molecule has 20 heavy (non-hydrogen) atoms. The first kappa shape index (κ1) is 14.5. The fourth-order valence-electron chi connectivity index (χ4n) is 1.97. The van der Waals surface area contributed by atoms with Gasteiger partial charge in [-0.05, 0) is 24.4 Å². The van der Waals surface area contributed by atoms with Crippen molar-refractivity contribution < 1.29 is 4.92 Å². The summed E-state index contributed by atoms with van der Waals surface area (Å²) in [4.78, 5) is 16.1. The Morgan fingerprint density at radius 1 is 1.45 bits per heavy atom. The predicted molar refractivity (Wildman–Crippen MR) is 81.5 cm³/mol. The van der Waals surface area contributed by atoms with Crippen molar-refractivity contribution in [2.75, 3.05) is 11.9 Å². The average Bonchev–Trinajstić information content (AvgIpc) is 2.90. The van der Waals surface area contributed by atoms with Crippen molar-refractivity contribution in [3.63, 3.8) is 0 Å². The second kappa shape index (κ2) is 5.58. The molecule has 0 aromatic carbocycles. The number of aryl methyl sites for hydroxylation is 1. The van der Waals surface area contributed by atoms with Crippen molar-refractivity contribution in [2.45, 2.75) is 26.2 Å². The van der Waals surface area contributed by atoms with E-state index in [1.165, 1.54) is 4.88 Å². The lowest BCUT2D eigenvalue weighted by atomic mass is 9.91. The fourth-order valence-corrected chi connectivity index (χ4v) is 2.82. The van der Waals surface area contributed by atoms with Crippen LogP contribution in [0, 0.1) is 17.0 Å². The highest BCUT2D eigenvalue weighted by molar-refractivity contribution is 7.10. The zero-order chi connectivity index (χ0) is 14.8.